The number of nitrogens with one attached hydrogen (secondary N) is 1. The third kappa shape index (κ3) is 2.76. The standard InChI is InChI=1S/C14H24N2O3/c1-3-7-15-13(17)9(2)16-8-10-5-4-6-11(10)12(16)14(18)19/h9-12H,3-8H2,1-2H3,(H,15,17)(H,18,19). The Hall–Kier alpha value is -1.10. The Bertz CT molecular complexity index is 359. The molecule has 1 heterocycles. The number of carboxylic acids is 1. The van der Waals surface area contributed by atoms with E-state index < -0.39 is 12.0 Å². The fraction of sp³-hybridized carbons (Fsp3) is 0.857. The van der Waals surface area contributed by atoms with Crippen LogP contribution in [0.4, 0.5) is 0 Å². The first-order valence-electron chi connectivity index (χ1n) is 7.32. The molecule has 0 radical (unpaired) electrons. The smallest absolute Gasteiger partial charge is 0.321 e. The molecule has 5 nitrogen and oxygen atoms in total. The van der Waals surface area contributed by atoms with Gasteiger partial charge in [-0.05, 0) is 38.0 Å². The van der Waals surface area contributed by atoms with Crippen LogP contribution in [0.25, 0.3) is 0 Å². The van der Waals surface area contributed by atoms with Crippen molar-refractivity contribution in [3.05, 3.63) is 0 Å². The third-order valence-electron chi connectivity index (χ3n) is 4.61. The molecule has 0 aromatic heterocycles. The van der Waals surface area contributed by atoms with Crippen LogP contribution in [0.1, 0.15) is 39.5 Å². The molecule has 0 bridgehead atoms. The van der Waals surface area contributed by atoms with E-state index in [4.69, 9.17) is 0 Å². The van der Waals surface area contributed by atoms with E-state index in [-0.39, 0.29) is 17.9 Å². The minimum Gasteiger partial charge on any atom is -0.480 e. The summed E-state index contributed by atoms with van der Waals surface area (Å²) in [7, 11) is 0. The van der Waals surface area contributed by atoms with Crippen LogP contribution in [0.2, 0.25) is 0 Å². The van der Waals surface area contributed by atoms with Crippen LogP contribution in [0.3, 0.4) is 0 Å². The molecular weight excluding hydrogens is 244 g/mol. The average Bonchev–Trinajstić information content (AvgIpc) is 2.93. The van der Waals surface area contributed by atoms with Gasteiger partial charge in [-0.2, -0.15) is 0 Å². The fourth-order valence-corrected chi connectivity index (χ4v) is 3.61. The largest absolute Gasteiger partial charge is 0.480 e. The van der Waals surface area contributed by atoms with Crippen LogP contribution in [-0.4, -0.2) is 47.1 Å². The molecule has 0 aromatic rings. The summed E-state index contributed by atoms with van der Waals surface area (Å²) in [6.45, 7) is 5.23. The van der Waals surface area contributed by atoms with Gasteiger partial charge in [-0.15, -0.1) is 0 Å². The van der Waals surface area contributed by atoms with E-state index in [0.29, 0.717) is 12.5 Å². The van der Waals surface area contributed by atoms with E-state index in [2.05, 4.69) is 5.32 Å². The summed E-state index contributed by atoms with van der Waals surface area (Å²) in [5.41, 5.74) is 0. The molecule has 0 aromatic carbocycles. The molecule has 1 amide bonds. The minimum atomic E-state index is -0.774. The molecule has 1 saturated carbocycles. The SMILES string of the molecule is CCCNC(=O)C(C)N1CC2CCCC2C1C(=O)O. The van der Waals surface area contributed by atoms with Gasteiger partial charge in [0.05, 0.1) is 6.04 Å². The maximum absolute atomic E-state index is 12.0. The first kappa shape index (κ1) is 14.3. The minimum absolute atomic E-state index is 0.0481. The fourth-order valence-electron chi connectivity index (χ4n) is 3.61. The van der Waals surface area contributed by atoms with Gasteiger partial charge in [-0.25, -0.2) is 0 Å². The highest BCUT2D eigenvalue weighted by Gasteiger charge is 2.49. The van der Waals surface area contributed by atoms with E-state index >= 15 is 0 Å². The lowest BCUT2D eigenvalue weighted by atomic mass is 9.94. The second-order valence-electron chi connectivity index (χ2n) is 5.80. The number of likely N-dealkylation sites (tertiary alicyclic amines) is 1. The van der Waals surface area contributed by atoms with Gasteiger partial charge < -0.3 is 10.4 Å². The average molecular weight is 268 g/mol. The number of carbonyl (C=O) groups excluding carboxylic acids is 1. The Balaban J connectivity index is 2.06. The van der Waals surface area contributed by atoms with Crippen LogP contribution in [0, 0.1) is 11.8 Å². The van der Waals surface area contributed by atoms with Crippen molar-refractivity contribution in [3.63, 3.8) is 0 Å². The lowest BCUT2D eigenvalue weighted by Crippen LogP contribution is -2.51. The zero-order chi connectivity index (χ0) is 14.0. The summed E-state index contributed by atoms with van der Waals surface area (Å²) >= 11 is 0. The topological polar surface area (TPSA) is 69.6 Å². The molecule has 2 N–H and O–H groups in total. The molecule has 0 spiro atoms. The van der Waals surface area contributed by atoms with Crippen molar-refractivity contribution in [1.29, 1.82) is 0 Å². The van der Waals surface area contributed by atoms with Crippen LogP contribution < -0.4 is 5.32 Å². The predicted molar refractivity (Wildman–Crippen MR) is 71.7 cm³/mol. The quantitative estimate of drug-likeness (QED) is 0.783. The van der Waals surface area contributed by atoms with Gasteiger partial charge in [0.2, 0.25) is 5.91 Å². The van der Waals surface area contributed by atoms with Crippen molar-refractivity contribution in [3.8, 4) is 0 Å². The van der Waals surface area contributed by atoms with Crippen molar-refractivity contribution in [2.75, 3.05) is 13.1 Å². The van der Waals surface area contributed by atoms with Crippen LogP contribution in [0.15, 0.2) is 0 Å². The Morgan fingerprint density at radius 3 is 2.79 bits per heavy atom. The number of fused-ring (bicyclic) bond motifs is 1. The second kappa shape index (κ2) is 5.90. The summed E-state index contributed by atoms with van der Waals surface area (Å²) in [5.74, 6) is -0.126. The van der Waals surface area contributed by atoms with Gasteiger partial charge in [0.1, 0.15) is 6.04 Å². The molecule has 5 heteroatoms. The summed E-state index contributed by atoms with van der Waals surface area (Å²) in [4.78, 5) is 25.4. The molecule has 1 aliphatic heterocycles. The van der Waals surface area contributed by atoms with Crippen molar-refractivity contribution >= 4 is 11.9 Å². The predicted octanol–water partition coefficient (Wildman–Crippen LogP) is 1.09. The molecule has 2 fully saturated rings. The number of carbonyl (C=O) groups is 2. The van der Waals surface area contributed by atoms with Crippen LogP contribution in [-0.2, 0) is 9.59 Å². The highest BCUT2D eigenvalue weighted by molar-refractivity contribution is 5.83. The van der Waals surface area contributed by atoms with E-state index in [1.807, 2.05) is 18.7 Å². The van der Waals surface area contributed by atoms with Gasteiger partial charge in [0, 0.05) is 13.1 Å². The van der Waals surface area contributed by atoms with Crippen LogP contribution >= 0.6 is 0 Å². The Kier molecular flexibility index (Phi) is 4.45. The van der Waals surface area contributed by atoms with Gasteiger partial charge in [-0.1, -0.05) is 13.3 Å². The zero-order valence-corrected chi connectivity index (χ0v) is 11.8. The molecule has 4 atom stereocenters. The maximum Gasteiger partial charge on any atom is 0.321 e. The molecule has 2 rings (SSSR count). The van der Waals surface area contributed by atoms with Crippen LogP contribution in [0.5, 0.6) is 0 Å². The van der Waals surface area contributed by atoms with E-state index in [9.17, 15) is 14.7 Å². The summed E-state index contributed by atoms with van der Waals surface area (Å²) in [6.07, 6.45) is 4.12. The Morgan fingerprint density at radius 1 is 1.42 bits per heavy atom. The Labute approximate surface area is 114 Å². The number of aliphatic carboxylic acids is 1. The van der Waals surface area contributed by atoms with Crippen molar-refractivity contribution < 1.29 is 14.7 Å². The molecule has 2 aliphatic rings. The van der Waals surface area contributed by atoms with Gasteiger partial charge >= 0.3 is 5.97 Å². The van der Waals surface area contributed by atoms with E-state index in [0.717, 1.165) is 32.2 Å². The lowest BCUT2D eigenvalue weighted by molar-refractivity contribution is -0.145. The highest BCUT2D eigenvalue weighted by atomic mass is 16.4. The van der Waals surface area contributed by atoms with Crippen molar-refractivity contribution in [1.82, 2.24) is 10.2 Å². The summed E-state index contributed by atoms with van der Waals surface area (Å²) in [5, 5.41) is 12.3. The summed E-state index contributed by atoms with van der Waals surface area (Å²) < 4.78 is 0. The number of hydrogen-bond acceptors (Lipinski definition) is 3. The van der Waals surface area contributed by atoms with Gasteiger partial charge in [-0.3, -0.25) is 14.5 Å². The molecule has 1 saturated heterocycles. The lowest BCUT2D eigenvalue weighted by Gasteiger charge is -2.29. The third-order valence-corrected chi connectivity index (χ3v) is 4.61. The van der Waals surface area contributed by atoms with Gasteiger partial charge in [0.15, 0.2) is 0 Å². The van der Waals surface area contributed by atoms with E-state index in [1.54, 1.807) is 0 Å². The van der Waals surface area contributed by atoms with Crippen molar-refractivity contribution in [2.24, 2.45) is 11.8 Å². The van der Waals surface area contributed by atoms with E-state index in [1.165, 1.54) is 0 Å². The Morgan fingerprint density at radius 2 is 2.16 bits per heavy atom. The first-order chi connectivity index (χ1) is 9.06. The number of carboxylic acid groups (broad SMARTS) is 1. The highest BCUT2D eigenvalue weighted by Crippen LogP contribution is 2.42. The van der Waals surface area contributed by atoms with Crippen molar-refractivity contribution in [2.45, 2.75) is 51.6 Å². The number of nitrogens with zero attached hydrogens (tertiary/aromatic N) is 1. The molecule has 4 unspecified atom stereocenters. The maximum atomic E-state index is 12.0. The normalized spacial score (nSPS) is 32.0. The summed E-state index contributed by atoms with van der Waals surface area (Å²) in [6, 6.07) is -0.826. The molecule has 108 valence electrons. The first-order valence-corrected chi connectivity index (χ1v) is 7.32. The second-order valence-corrected chi connectivity index (χ2v) is 5.80. The number of hydrogen-bond donors (Lipinski definition) is 2. The monoisotopic (exact) mass is 268 g/mol. The number of amides is 1. The molecular formula is C14H24N2O3. The zero-order valence-electron chi connectivity index (χ0n) is 11.8. The molecule has 19 heavy (non-hydrogen) atoms. The van der Waals surface area contributed by atoms with Gasteiger partial charge in [0.25, 0.3) is 0 Å². The number of rotatable bonds is 5. The molecule has 1 aliphatic carbocycles.